The van der Waals surface area contributed by atoms with E-state index in [-0.39, 0.29) is 12.2 Å². The number of methoxy groups -OCH3 is 1. The number of rotatable bonds is 5. The van der Waals surface area contributed by atoms with Crippen molar-refractivity contribution in [1.29, 1.82) is 0 Å². The molecule has 1 heterocycles. The van der Waals surface area contributed by atoms with E-state index in [4.69, 9.17) is 16.3 Å². The van der Waals surface area contributed by atoms with Gasteiger partial charge in [-0.1, -0.05) is 35.5 Å². The van der Waals surface area contributed by atoms with Gasteiger partial charge in [-0.2, -0.15) is 0 Å². The summed E-state index contributed by atoms with van der Waals surface area (Å²) in [6.07, 6.45) is 1.83. The number of benzene rings is 1. The molecule has 1 N–H and O–H groups in total. The van der Waals surface area contributed by atoms with Crippen LogP contribution >= 0.6 is 23.4 Å². The number of nitrogens with zero attached hydrogens (tertiary/aromatic N) is 2. The van der Waals surface area contributed by atoms with Crippen LogP contribution in [0.3, 0.4) is 0 Å². The lowest BCUT2D eigenvalue weighted by molar-refractivity contribution is 0.0690. The second-order valence-electron chi connectivity index (χ2n) is 4.13. The largest absolute Gasteiger partial charge is 0.478 e. The molecule has 5 nitrogen and oxygen atoms in total. The predicted octanol–water partition coefficient (Wildman–Crippen LogP) is 3.36. The van der Waals surface area contributed by atoms with Crippen LogP contribution in [0.25, 0.3) is 11.3 Å². The second kappa shape index (κ2) is 6.89. The number of aromatic carboxylic acids is 1. The SMILES string of the molecule is COCc1nc(SC)nc(-c2cccc(Cl)c2)c1C(=O)O. The Kier molecular flexibility index (Phi) is 5.17. The zero-order chi connectivity index (χ0) is 15.4. The molecule has 1 aromatic carbocycles. The van der Waals surface area contributed by atoms with Gasteiger partial charge in [-0.25, -0.2) is 14.8 Å². The Bertz CT molecular complexity index is 679. The molecule has 110 valence electrons. The van der Waals surface area contributed by atoms with Gasteiger partial charge in [0.05, 0.1) is 18.0 Å². The third-order valence-electron chi connectivity index (χ3n) is 2.74. The van der Waals surface area contributed by atoms with Crippen LogP contribution < -0.4 is 0 Å². The highest BCUT2D eigenvalue weighted by molar-refractivity contribution is 7.98. The third kappa shape index (κ3) is 3.53. The number of halogens is 1. The minimum Gasteiger partial charge on any atom is -0.478 e. The number of carboxylic acids is 1. The van der Waals surface area contributed by atoms with Crippen LogP contribution in [0.1, 0.15) is 16.1 Å². The lowest BCUT2D eigenvalue weighted by Gasteiger charge is -2.12. The van der Waals surface area contributed by atoms with E-state index in [9.17, 15) is 9.90 Å². The number of hydrogen-bond donors (Lipinski definition) is 1. The molecule has 7 heteroatoms. The highest BCUT2D eigenvalue weighted by atomic mass is 35.5. The van der Waals surface area contributed by atoms with E-state index in [1.54, 1.807) is 24.3 Å². The fourth-order valence-electron chi connectivity index (χ4n) is 1.89. The van der Waals surface area contributed by atoms with Gasteiger partial charge in [0.1, 0.15) is 5.56 Å². The van der Waals surface area contributed by atoms with Crippen molar-refractivity contribution in [2.45, 2.75) is 11.8 Å². The highest BCUT2D eigenvalue weighted by Gasteiger charge is 2.21. The van der Waals surface area contributed by atoms with Crippen molar-refractivity contribution in [3.63, 3.8) is 0 Å². The monoisotopic (exact) mass is 324 g/mol. The summed E-state index contributed by atoms with van der Waals surface area (Å²) in [5.74, 6) is -1.09. The first kappa shape index (κ1) is 15.8. The van der Waals surface area contributed by atoms with Gasteiger partial charge in [0.15, 0.2) is 5.16 Å². The van der Waals surface area contributed by atoms with Crippen LogP contribution in [0.5, 0.6) is 0 Å². The molecule has 0 aliphatic heterocycles. The molecule has 2 rings (SSSR count). The van der Waals surface area contributed by atoms with E-state index < -0.39 is 5.97 Å². The van der Waals surface area contributed by atoms with Crippen LogP contribution in [-0.4, -0.2) is 34.4 Å². The summed E-state index contributed by atoms with van der Waals surface area (Å²) in [6, 6.07) is 6.91. The van der Waals surface area contributed by atoms with Gasteiger partial charge in [-0.3, -0.25) is 0 Å². The van der Waals surface area contributed by atoms with Crippen molar-refractivity contribution in [3.05, 3.63) is 40.5 Å². The quantitative estimate of drug-likeness (QED) is 0.671. The minimum atomic E-state index is -1.09. The van der Waals surface area contributed by atoms with Crippen LogP contribution in [-0.2, 0) is 11.3 Å². The number of hydrogen-bond acceptors (Lipinski definition) is 5. The Morgan fingerprint density at radius 3 is 2.76 bits per heavy atom. The average Bonchev–Trinajstić information content (AvgIpc) is 2.46. The Morgan fingerprint density at radius 1 is 1.43 bits per heavy atom. The van der Waals surface area contributed by atoms with Crippen LogP contribution in [0.4, 0.5) is 0 Å². The molecule has 0 bridgehead atoms. The number of ether oxygens (including phenoxy) is 1. The molecule has 0 saturated carbocycles. The minimum absolute atomic E-state index is 0.0388. The van der Waals surface area contributed by atoms with Crippen LogP contribution in [0.2, 0.25) is 5.02 Å². The summed E-state index contributed by atoms with van der Waals surface area (Å²) < 4.78 is 5.04. The molecular formula is C14H13ClN2O3S. The molecule has 0 radical (unpaired) electrons. The number of aromatic nitrogens is 2. The average molecular weight is 325 g/mol. The van der Waals surface area contributed by atoms with Crippen molar-refractivity contribution in [3.8, 4) is 11.3 Å². The molecule has 0 fully saturated rings. The third-order valence-corrected chi connectivity index (χ3v) is 3.52. The Morgan fingerprint density at radius 2 is 2.19 bits per heavy atom. The lowest BCUT2D eigenvalue weighted by Crippen LogP contribution is -2.11. The molecule has 2 aromatic rings. The first-order chi connectivity index (χ1) is 10.1. The Labute approximate surface area is 131 Å². The molecule has 0 spiro atoms. The van der Waals surface area contributed by atoms with E-state index in [0.29, 0.717) is 27.1 Å². The summed E-state index contributed by atoms with van der Waals surface area (Å²) in [5, 5.41) is 10.5. The van der Waals surface area contributed by atoms with Crippen molar-refractivity contribution in [1.82, 2.24) is 9.97 Å². The summed E-state index contributed by atoms with van der Waals surface area (Å²) in [6.45, 7) is 0.102. The molecular weight excluding hydrogens is 312 g/mol. The Balaban J connectivity index is 2.72. The standard InChI is InChI=1S/C14H13ClN2O3S/c1-20-7-10-11(13(18)19)12(17-14(16-10)21-2)8-4-3-5-9(15)6-8/h3-6H,7H2,1-2H3,(H,18,19). The van der Waals surface area contributed by atoms with Gasteiger partial charge in [-0.05, 0) is 18.4 Å². The normalized spacial score (nSPS) is 10.6. The smallest absolute Gasteiger partial charge is 0.339 e. The molecule has 0 aliphatic carbocycles. The maximum atomic E-state index is 11.6. The van der Waals surface area contributed by atoms with E-state index in [1.807, 2.05) is 6.26 Å². The van der Waals surface area contributed by atoms with Gasteiger partial charge in [0, 0.05) is 17.7 Å². The summed E-state index contributed by atoms with van der Waals surface area (Å²) in [5.41, 5.74) is 1.36. The van der Waals surface area contributed by atoms with Gasteiger partial charge in [0.2, 0.25) is 0 Å². The molecule has 0 unspecified atom stereocenters. The molecule has 21 heavy (non-hydrogen) atoms. The fourth-order valence-corrected chi connectivity index (χ4v) is 2.46. The molecule has 0 saturated heterocycles. The highest BCUT2D eigenvalue weighted by Crippen LogP contribution is 2.28. The first-order valence-electron chi connectivity index (χ1n) is 6.00. The van der Waals surface area contributed by atoms with Crippen molar-refractivity contribution in [2.24, 2.45) is 0 Å². The second-order valence-corrected chi connectivity index (χ2v) is 5.34. The molecule has 0 aliphatic rings. The Hall–Kier alpha value is -1.63. The van der Waals surface area contributed by atoms with Gasteiger partial charge in [-0.15, -0.1) is 0 Å². The van der Waals surface area contributed by atoms with Gasteiger partial charge in [0.25, 0.3) is 0 Å². The summed E-state index contributed by atoms with van der Waals surface area (Å²) in [4.78, 5) is 20.1. The number of thioether (sulfide) groups is 1. The van der Waals surface area contributed by atoms with Crippen molar-refractivity contribution < 1.29 is 14.6 Å². The van der Waals surface area contributed by atoms with E-state index in [2.05, 4.69) is 9.97 Å². The van der Waals surface area contributed by atoms with Crippen molar-refractivity contribution >= 4 is 29.3 Å². The summed E-state index contributed by atoms with van der Waals surface area (Å²) >= 11 is 7.32. The van der Waals surface area contributed by atoms with E-state index in [1.165, 1.54) is 18.9 Å². The zero-order valence-electron chi connectivity index (χ0n) is 11.5. The van der Waals surface area contributed by atoms with Gasteiger partial charge >= 0.3 is 5.97 Å². The molecule has 0 atom stereocenters. The summed E-state index contributed by atoms with van der Waals surface area (Å²) in [7, 11) is 1.49. The van der Waals surface area contributed by atoms with Gasteiger partial charge < -0.3 is 9.84 Å². The lowest BCUT2D eigenvalue weighted by atomic mass is 10.0. The fraction of sp³-hybridized carbons (Fsp3) is 0.214. The number of carbonyl (C=O) groups is 1. The molecule has 1 aromatic heterocycles. The van der Waals surface area contributed by atoms with E-state index >= 15 is 0 Å². The van der Waals surface area contributed by atoms with Crippen LogP contribution in [0, 0.1) is 0 Å². The maximum Gasteiger partial charge on any atom is 0.339 e. The maximum absolute atomic E-state index is 11.6. The van der Waals surface area contributed by atoms with E-state index in [0.717, 1.165) is 0 Å². The first-order valence-corrected chi connectivity index (χ1v) is 7.60. The predicted molar refractivity (Wildman–Crippen MR) is 81.9 cm³/mol. The topological polar surface area (TPSA) is 72.3 Å². The van der Waals surface area contributed by atoms with Crippen molar-refractivity contribution in [2.75, 3.05) is 13.4 Å². The number of carboxylic acid groups (broad SMARTS) is 1. The zero-order valence-corrected chi connectivity index (χ0v) is 13.0. The molecule has 0 amide bonds. The van der Waals surface area contributed by atoms with Crippen LogP contribution in [0.15, 0.2) is 29.4 Å².